The first-order chi connectivity index (χ1) is 14.7. The van der Waals surface area contributed by atoms with Crippen molar-refractivity contribution < 1.29 is 22.8 Å². The Morgan fingerprint density at radius 3 is 2.42 bits per heavy atom. The maximum Gasteiger partial charge on any atom is 0.418 e. The number of carbonyl (C=O) groups excluding carboxylic acids is 2. The smallest absolute Gasteiger partial charge is 0.326 e. The van der Waals surface area contributed by atoms with Gasteiger partial charge in [-0.25, -0.2) is 4.79 Å². The van der Waals surface area contributed by atoms with Crippen LogP contribution >= 0.6 is 11.6 Å². The zero-order valence-electron chi connectivity index (χ0n) is 16.5. The Labute approximate surface area is 181 Å². The zero-order chi connectivity index (χ0) is 22.3. The molecule has 0 radical (unpaired) electrons. The number of nitrogens with zero attached hydrogens (tertiary/aromatic N) is 1. The molecule has 0 saturated heterocycles. The average Bonchev–Trinajstić information content (AvgIpc) is 3.52. The highest BCUT2D eigenvalue weighted by Crippen LogP contribution is 2.40. The van der Waals surface area contributed by atoms with Gasteiger partial charge in [0.2, 0.25) is 0 Å². The Kier molecular flexibility index (Phi) is 5.43. The molecule has 1 aliphatic heterocycles. The molecule has 0 aromatic heterocycles. The quantitative estimate of drug-likeness (QED) is 0.647. The summed E-state index contributed by atoms with van der Waals surface area (Å²) in [5.41, 5.74) is -0.265. The van der Waals surface area contributed by atoms with Gasteiger partial charge in [-0.15, -0.1) is 0 Å². The Balaban J connectivity index is 1.77. The summed E-state index contributed by atoms with van der Waals surface area (Å²) in [5, 5.41) is 5.53. The molecule has 1 saturated carbocycles. The van der Waals surface area contributed by atoms with Crippen molar-refractivity contribution in [2.24, 2.45) is 0 Å². The number of hydrogen-bond donors (Lipinski definition) is 2. The Hall–Kier alpha value is -3.00. The highest BCUT2D eigenvalue weighted by Gasteiger charge is 2.43. The predicted octanol–water partition coefficient (Wildman–Crippen LogP) is 5.50. The minimum atomic E-state index is -4.63. The zero-order valence-corrected chi connectivity index (χ0v) is 17.2. The molecule has 2 aliphatic rings. The number of nitrogens with one attached hydrogen (secondary N) is 2. The molecule has 162 valence electrons. The second-order valence-corrected chi connectivity index (χ2v) is 7.91. The lowest BCUT2D eigenvalue weighted by molar-refractivity contribution is -0.137. The lowest BCUT2D eigenvalue weighted by atomic mass is 9.93. The molecular weight excluding hydrogens is 431 g/mol. The summed E-state index contributed by atoms with van der Waals surface area (Å²) >= 11 is 6.31. The van der Waals surface area contributed by atoms with Crippen LogP contribution in [0.5, 0.6) is 0 Å². The standard InChI is InChI=1S/C22H19ClF3N3O2/c1-12-18(20(30)27-17-9-5-3-7-15(17)22(24,25)26)19(14-6-2-4-8-16(14)23)28-21(31)29(12)13-10-11-13/h2-9,13,19H,10-11H2,1H3,(H,27,30)(H,28,31). The van der Waals surface area contributed by atoms with Gasteiger partial charge in [-0.1, -0.05) is 41.9 Å². The molecule has 2 aromatic carbocycles. The number of alkyl halides is 3. The summed E-state index contributed by atoms with van der Waals surface area (Å²) < 4.78 is 40.2. The van der Waals surface area contributed by atoms with Crippen molar-refractivity contribution >= 4 is 29.2 Å². The van der Waals surface area contributed by atoms with Crippen molar-refractivity contribution in [3.8, 4) is 0 Å². The summed E-state index contributed by atoms with van der Waals surface area (Å²) in [7, 11) is 0. The molecule has 2 aromatic rings. The van der Waals surface area contributed by atoms with Crippen LogP contribution in [-0.4, -0.2) is 22.9 Å². The lowest BCUT2D eigenvalue weighted by Crippen LogP contribution is -2.49. The highest BCUT2D eigenvalue weighted by molar-refractivity contribution is 6.31. The fourth-order valence-corrected chi connectivity index (χ4v) is 4.04. The topological polar surface area (TPSA) is 61.4 Å². The normalized spacial score (nSPS) is 19.3. The average molecular weight is 450 g/mol. The molecule has 1 heterocycles. The second-order valence-electron chi connectivity index (χ2n) is 7.50. The Morgan fingerprint density at radius 2 is 1.77 bits per heavy atom. The van der Waals surface area contributed by atoms with Gasteiger partial charge in [0.1, 0.15) is 0 Å². The van der Waals surface area contributed by atoms with Crippen LogP contribution in [-0.2, 0) is 11.0 Å². The van der Waals surface area contributed by atoms with Gasteiger partial charge in [0, 0.05) is 16.8 Å². The molecule has 4 rings (SSSR count). The summed E-state index contributed by atoms with van der Waals surface area (Å²) in [5.74, 6) is -0.732. The van der Waals surface area contributed by atoms with Crippen molar-refractivity contribution in [1.29, 1.82) is 0 Å². The van der Waals surface area contributed by atoms with Gasteiger partial charge in [-0.2, -0.15) is 13.2 Å². The van der Waals surface area contributed by atoms with Crippen LogP contribution < -0.4 is 10.6 Å². The molecule has 1 atom stereocenters. The lowest BCUT2D eigenvalue weighted by Gasteiger charge is -2.36. The van der Waals surface area contributed by atoms with E-state index in [0.29, 0.717) is 16.3 Å². The number of allylic oxidation sites excluding steroid dienone is 1. The second kappa shape index (κ2) is 7.92. The van der Waals surface area contributed by atoms with Crippen LogP contribution in [0.3, 0.4) is 0 Å². The fraction of sp³-hybridized carbons (Fsp3) is 0.273. The minimum absolute atomic E-state index is 0.0301. The first kappa shape index (κ1) is 21.2. The maximum atomic E-state index is 13.4. The van der Waals surface area contributed by atoms with Gasteiger partial charge in [0.15, 0.2) is 0 Å². The van der Waals surface area contributed by atoms with Crippen LogP contribution in [0.1, 0.15) is 36.9 Å². The summed E-state index contributed by atoms with van der Waals surface area (Å²) in [6.45, 7) is 1.63. The van der Waals surface area contributed by atoms with Crippen molar-refractivity contribution in [3.05, 3.63) is 76.0 Å². The van der Waals surface area contributed by atoms with E-state index in [1.165, 1.54) is 23.1 Å². The molecule has 1 aliphatic carbocycles. The number of para-hydroxylation sites is 1. The van der Waals surface area contributed by atoms with Crippen LogP contribution in [0, 0.1) is 0 Å². The maximum absolute atomic E-state index is 13.4. The van der Waals surface area contributed by atoms with Crippen molar-refractivity contribution in [1.82, 2.24) is 10.2 Å². The summed E-state index contributed by atoms with van der Waals surface area (Å²) in [6, 6.07) is 10.2. The largest absolute Gasteiger partial charge is 0.418 e. The van der Waals surface area contributed by atoms with Crippen LogP contribution in [0.15, 0.2) is 59.8 Å². The molecule has 9 heteroatoms. The molecule has 3 amide bonds. The third-order valence-corrected chi connectivity index (χ3v) is 5.72. The molecule has 2 N–H and O–H groups in total. The molecule has 1 unspecified atom stereocenters. The SMILES string of the molecule is CC1=C(C(=O)Nc2ccccc2C(F)(F)F)C(c2ccccc2Cl)NC(=O)N1C1CC1. The van der Waals surface area contributed by atoms with Crippen molar-refractivity contribution in [3.63, 3.8) is 0 Å². The van der Waals surface area contributed by atoms with E-state index >= 15 is 0 Å². The van der Waals surface area contributed by atoms with E-state index < -0.39 is 23.7 Å². The Bertz CT molecular complexity index is 1080. The van der Waals surface area contributed by atoms with E-state index in [1.54, 1.807) is 31.2 Å². The van der Waals surface area contributed by atoms with Gasteiger partial charge in [-0.05, 0) is 43.5 Å². The van der Waals surface area contributed by atoms with Crippen LogP contribution in [0.25, 0.3) is 0 Å². The van der Waals surface area contributed by atoms with Crippen molar-refractivity contribution in [2.45, 2.75) is 38.0 Å². The Morgan fingerprint density at radius 1 is 1.13 bits per heavy atom. The van der Waals surface area contributed by atoms with Gasteiger partial charge in [-0.3, -0.25) is 9.69 Å². The highest BCUT2D eigenvalue weighted by atomic mass is 35.5. The third kappa shape index (κ3) is 4.12. The van der Waals surface area contributed by atoms with Gasteiger partial charge >= 0.3 is 12.2 Å². The van der Waals surface area contributed by atoms with Crippen molar-refractivity contribution in [2.75, 3.05) is 5.32 Å². The summed E-state index contributed by atoms with van der Waals surface area (Å²) in [6.07, 6.45) is -3.03. The van der Waals surface area contributed by atoms with E-state index in [9.17, 15) is 22.8 Å². The van der Waals surface area contributed by atoms with E-state index in [2.05, 4.69) is 10.6 Å². The minimum Gasteiger partial charge on any atom is -0.326 e. The molecule has 5 nitrogen and oxygen atoms in total. The third-order valence-electron chi connectivity index (χ3n) is 5.38. The number of hydrogen-bond acceptors (Lipinski definition) is 2. The van der Waals surface area contributed by atoms with E-state index in [-0.39, 0.29) is 23.3 Å². The molecule has 0 bridgehead atoms. The first-order valence-corrected chi connectivity index (χ1v) is 10.1. The number of halogens is 4. The molecule has 31 heavy (non-hydrogen) atoms. The fourth-order valence-electron chi connectivity index (χ4n) is 3.80. The van der Waals surface area contributed by atoms with Gasteiger partial charge in [0.25, 0.3) is 5.91 Å². The predicted molar refractivity (Wildman–Crippen MR) is 110 cm³/mol. The van der Waals surface area contributed by atoms with E-state index in [0.717, 1.165) is 18.9 Å². The van der Waals surface area contributed by atoms with Crippen LogP contribution in [0.4, 0.5) is 23.7 Å². The first-order valence-electron chi connectivity index (χ1n) is 9.71. The number of benzene rings is 2. The molecule has 1 fully saturated rings. The van der Waals surface area contributed by atoms with Crippen LogP contribution in [0.2, 0.25) is 5.02 Å². The summed E-state index contributed by atoms with van der Waals surface area (Å²) in [4.78, 5) is 27.5. The number of carbonyl (C=O) groups is 2. The van der Waals surface area contributed by atoms with Gasteiger partial charge in [0.05, 0.1) is 22.9 Å². The number of anilines is 1. The molecule has 0 spiro atoms. The van der Waals surface area contributed by atoms with E-state index in [4.69, 9.17) is 11.6 Å². The van der Waals surface area contributed by atoms with E-state index in [1.807, 2.05) is 0 Å². The van der Waals surface area contributed by atoms with Gasteiger partial charge < -0.3 is 10.6 Å². The monoisotopic (exact) mass is 449 g/mol. The number of urea groups is 1. The number of rotatable bonds is 4. The number of amides is 3. The molecular formula is C22H19ClF3N3O2.